The zero-order chi connectivity index (χ0) is 12.5. The van der Waals surface area contributed by atoms with E-state index in [9.17, 15) is 15.2 Å². The molecule has 1 aromatic rings. The van der Waals surface area contributed by atoms with E-state index in [-0.39, 0.29) is 17.7 Å². The van der Waals surface area contributed by atoms with Crippen LogP contribution in [0.5, 0.6) is 0 Å². The van der Waals surface area contributed by atoms with Gasteiger partial charge in [-0.1, -0.05) is 13.8 Å². The summed E-state index contributed by atoms with van der Waals surface area (Å²) in [6.07, 6.45) is 0.764. The normalized spacial score (nSPS) is 15.1. The quantitative estimate of drug-likeness (QED) is 0.623. The maximum atomic E-state index is 10.8. The highest BCUT2D eigenvalue weighted by atomic mass is 16.6. The van der Waals surface area contributed by atoms with Crippen LogP contribution in [0.25, 0.3) is 0 Å². The Morgan fingerprint density at radius 3 is 2.44 bits per heavy atom. The lowest BCUT2D eigenvalue weighted by atomic mass is 9.88. The molecule has 0 amide bonds. The van der Waals surface area contributed by atoms with E-state index in [2.05, 4.69) is 4.98 Å². The van der Waals surface area contributed by atoms with Gasteiger partial charge in [0.05, 0.1) is 6.10 Å². The van der Waals surface area contributed by atoms with Crippen LogP contribution < -0.4 is 0 Å². The summed E-state index contributed by atoms with van der Waals surface area (Å²) in [5.74, 6) is -0.343. The van der Waals surface area contributed by atoms with Crippen molar-refractivity contribution in [1.29, 1.82) is 0 Å². The van der Waals surface area contributed by atoms with Gasteiger partial charge in [-0.2, -0.15) is 0 Å². The molecule has 1 rings (SSSR count). The minimum absolute atomic E-state index is 0.106. The van der Waals surface area contributed by atoms with E-state index >= 15 is 0 Å². The van der Waals surface area contributed by atoms with Crippen LogP contribution in [0, 0.1) is 16.0 Å². The fourth-order valence-electron chi connectivity index (χ4n) is 2.05. The lowest BCUT2D eigenvalue weighted by molar-refractivity contribution is -0.390. The average molecular weight is 227 g/mol. The van der Waals surface area contributed by atoms with Gasteiger partial charge in [0.2, 0.25) is 6.33 Å². The van der Waals surface area contributed by atoms with Gasteiger partial charge < -0.3 is 19.8 Å². The monoisotopic (exact) mass is 227 g/mol. The van der Waals surface area contributed by atoms with Gasteiger partial charge in [-0.25, -0.2) is 0 Å². The Bertz CT molecular complexity index is 377. The van der Waals surface area contributed by atoms with Crippen LogP contribution in [0.4, 0.5) is 5.82 Å². The highest BCUT2D eigenvalue weighted by Crippen LogP contribution is 2.33. The van der Waals surface area contributed by atoms with E-state index < -0.39 is 11.0 Å². The molecule has 0 radical (unpaired) electrons. The first-order chi connectivity index (χ1) is 7.36. The highest BCUT2D eigenvalue weighted by Gasteiger charge is 2.32. The van der Waals surface area contributed by atoms with Crippen molar-refractivity contribution in [2.75, 3.05) is 0 Å². The van der Waals surface area contributed by atoms with Gasteiger partial charge in [0.15, 0.2) is 0 Å². The fraction of sp³-hybridized carbons (Fsp3) is 0.700. The zero-order valence-corrected chi connectivity index (χ0v) is 9.91. The lowest BCUT2D eigenvalue weighted by Crippen LogP contribution is -2.23. The molecule has 0 fully saturated rings. The van der Waals surface area contributed by atoms with Crippen molar-refractivity contribution in [3.05, 3.63) is 22.1 Å². The predicted octanol–water partition coefficient (Wildman–Crippen LogP) is 1.45. The molecular formula is C10H17N3O3. The number of nitro groups is 1. The van der Waals surface area contributed by atoms with Crippen LogP contribution in [-0.2, 0) is 7.05 Å². The van der Waals surface area contributed by atoms with Gasteiger partial charge in [0.25, 0.3) is 0 Å². The van der Waals surface area contributed by atoms with Gasteiger partial charge in [-0.05, 0) is 22.7 Å². The first-order valence-electron chi connectivity index (χ1n) is 5.20. The van der Waals surface area contributed by atoms with Gasteiger partial charge in [-0.15, -0.1) is 0 Å². The van der Waals surface area contributed by atoms with Gasteiger partial charge in [0, 0.05) is 13.0 Å². The smallest absolute Gasteiger partial charge is 0.385 e. The number of rotatable bonds is 4. The number of aromatic nitrogens is 2. The third-order valence-corrected chi connectivity index (χ3v) is 2.69. The summed E-state index contributed by atoms with van der Waals surface area (Å²) in [4.78, 5) is 14.1. The fourth-order valence-corrected chi connectivity index (χ4v) is 2.05. The molecule has 0 spiro atoms. The second kappa shape index (κ2) is 4.61. The van der Waals surface area contributed by atoms with Crippen LogP contribution >= 0.6 is 0 Å². The third kappa shape index (κ3) is 2.21. The van der Waals surface area contributed by atoms with Crippen LogP contribution in [0.1, 0.15) is 32.4 Å². The molecule has 6 heteroatoms. The number of imidazole rings is 1. The highest BCUT2D eigenvalue weighted by molar-refractivity contribution is 5.31. The summed E-state index contributed by atoms with van der Waals surface area (Å²) in [5, 5.41) is 20.6. The van der Waals surface area contributed by atoms with E-state index in [0.29, 0.717) is 5.69 Å². The summed E-state index contributed by atoms with van der Waals surface area (Å²) in [5.41, 5.74) is 0.481. The van der Waals surface area contributed by atoms with E-state index in [1.54, 1.807) is 18.5 Å². The maximum absolute atomic E-state index is 10.8. The molecule has 0 aliphatic carbocycles. The summed E-state index contributed by atoms with van der Waals surface area (Å²) in [6, 6.07) is 0. The molecule has 1 heterocycles. The Kier molecular flexibility index (Phi) is 3.64. The van der Waals surface area contributed by atoms with Crippen LogP contribution in [0.3, 0.4) is 0 Å². The first-order valence-corrected chi connectivity index (χ1v) is 5.20. The molecule has 6 nitrogen and oxygen atoms in total. The van der Waals surface area contributed by atoms with E-state index in [0.717, 1.165) is 0 Å². The van der Waals surface area contributed by atoms with Crippen LogP contribution in [-0.4, -0.2) is 25.7 Å². The molecule has 2 atom stereocenters. The van der Waals surface area contributed by atoms with E-state index in [1.165, 1.54) is 6.33 Å². The Labute approximate surface area is 94.1 Å². The van der Waals surface area contributed by atoms with Gasteiger partial charge >= 0.3 is 5.82 Å². The number of hydrogen-bond acceptors (Lipinski definition) is 4. The Morgan fingerprint density at radius 1 is 1.50 bits per heavy atom. The number of aryl methyl sites for hydroxylation is 1. The molecule has 1 aromatic heterocycles. The predicted molar refractivity (Wildman–Crippen MR) is 59.1 cm³/mol. The first kappa shape index (κ1) is 12.6. The Morgan fingerprint density at radius 2 is 2.06 bits per heavy atom. The number of hydrogen-bond donors (Lipinski definition) is 1. The summed E-state index contributed by atoms with van der Waals surface area (Å²) >= 11 is 0. The molecule has 0 aromatic carbocycles. The van der Waals surface area contributed by atoms with Crippen LogP contribution in [0.2, 0.25) is 0 Å². The SMILES string of the molecule is CC(C)C(c1c([N+](=O)[O-])ncn1C)C(C)O. The minimum atomic E-state index is -0.644. The average Bonchev–Trinajstić information content (AvgIpc) is 2.47. The van der Waals surface area contributed by atoms with Crippen molar-refractivity contribution < 1.29 is 10.0 Å². The van der Waals surface area contributed by atoms with Gasteiger partial charge in [0.1, 0.15) is 5.69 Å². The standard InChI is InChI=1S/C10H17N3O3/c1-6(2)8(7(3)14)9-10(13(15)16)11-5-12(9)4/h5-8,14H,1-4H3. The second-order valence-corrected chi connectivity index (χ2v) is 4.33. The molecule has 2 unspecified atom stereocenters. The zero-order valence-electron chi connectivity index (χ0n) is 9.91. The topological polar surface area (TPSA) is 81.2 Å². The molecule has 1 N–H and O–H groups in total. The van der Waals surface area contributed by atoms with Crippen molar-refractivity contribution >= 4 is 5.82 Å². The van der Waals surface area contributed by atoms with Crippen molar-refractivity contribution in [1.82, 2.24) is 9.55 Å². The molecule has 16 heavy (non-hydrogen) atoms. The van der Waals surface area contributed by atoms with Gasteiger partial charge in [-0.3, -0.25) is 0 Å². The van der Waals surface area contributed by atoms with Crippen LogP contribution in [0.15, 0.2) is 6.33 Å². The number of nitrogens with zero attached hydrogens (tertiary/aromatic N) is 3. The number of aliphatic hydroxyl groups is 1. The third-order valence-electron chi connectivity index (χ3n) is 2.69. The van der Waals surface area contributed by atoms with Crippen molar-refractivity contribution in [3.8, 4) is 0 Å². The van der Waals surface area contributed by atoms with E-state index in [4.69, 9.17) is 0 Å². The molecule has 90 valence electrons. The Balaban J connectivity index is 3.28. The minimum Gasteiger partial charge on any atom is -0.393 e. The number of aliphatic hydroxyl groups excluding tert-OH is 1. The summed E-state index contributed by atoms with van der Waals surface area (Å²) in [6.45, 7) is 5.49. The molecule has 0 aliphatic heterocycles. The maximum Gasteiger partial charge on any atom is 0.385 e. The Hall–Kier alpha value is -1.43. The van der Waals surface area contributed by atoms with Crippen molar-refractivity contribution in [3.63, 3.8) is 0 Å². The molecule has 0 aliphatic rings. The molecule has 0 saturated carbocycles. The molecular weight excluding hydrogens is 210 g/mol. The van der Waals surface area contributed by atoms with Crippen molar-refractivity contribution in [2.24, 2.45) is 13.0 Å². The lowest BCUT2D eigenvalue weighted by Gasteiger charge is -2.23. The van der Waals surface area contributed by atoms with Crippen molar-refractivity contribution in [2.45, 2.75) is 32.8 Å². The second-order valence-electron chi connectivity index (χ2n) is 4.33. The molecule has 0 saturated heterocycles. The summed E-state index contributed by atoms with van der Waals surface area (Å²) < 4.78 is 1.61. The molecule has 0 bridgehead atoms. The van der Waals surface area contributed by atoms with E-state index in [1.807, 2.05) is 13.8 Å². The largest absolute Gasteiger partial charge is 0.393 e. The summed E-state index contributed by atoms with van der Waals surface area (Å²) in [7, 11) is 1.70.